The van der Waals surface area contributed by atoms with Crippen LogP contribution in [0.25, 0.3) is 0 Å². The van der Waals surface area contributed by atoms with Crippen LogP contribution in [0.3, 0.4) is 0 Å². The van der Waals surface area contributed by atoms with E-state index in [4.69, 9.17) is 4.74 Å². The van der Waals surface area contributed by atoms with E-state index in [1.54, 1.807) is 20.0 Å². The Morgan fingerprint density at radius 2 is 2.54 bits per heavy atom. The molecule has 0 amide bonds. The van der Waals surface area contributed by atoms with E-state index in [0.29, 0.717) is 6.61 Å². The summed E-state index contributed by atoms with van der Waals surface area (Å²) in [6.45, 7) is 7.17. The largest absolute Gasteiger partial charge is 0.460 e. The SMILES string of the molecule is C=Nn1c(C)cnc1C(=O)OCC. The first kappa shape index (κ1) is 9.44. The van der Waals surface area contributed by atoms with Crippen molar-refractivity contribution in [1.29, 1.82) is 0 Å². The van der Waals surface area contributed by atoms with Gasteiger partial charge in [0.05, 0.1) is 18.5 Å². The fraction of sp³-hybridized carbons (Fsp3) is 0.375. The molecule has 1 heterocycles. The lowest BCUT2D eigenvalue weighted by atomic mass is 10.5. The number of esters is 1. The van der Waals surface area contributed by atoms with Crippen LogP contribution in [0, 0.1) is 6.92 Å². The second kappa shape index (κ2) is 3.84. The first-order valence-corrected chi connectivity index (χ1v) is 3.89. The number of aryl methyl sites for hydroxylation is 1. The van der Waals surface area contributed by atoms with Crippen molar-refractivity contribution >= 4 is 12.7 Å². The molecule has 0 aliphatic rings. The molecule has 13 heavy (non-hydrogen) atoms. The van der Waals surface area contributed by atoms with Gasteiger partial charge >= 0.3 is 5.97 Å². The average molecular weight is 181 g/mol. The Labute approximate surface area is 76.0 Å². The van der Waals surface area contributed by atoms with Crippen LogP contribution in [-0.4, -0.2) is 29.0 Å². The van der Waals surface area contributed by atoms with Crippen molar-refractivity contribution in [3.8, 4) is 0 Å². The fourth-order valence-electron chi connectivity index (χ4n) is 0.944. The summed E-state index contributed by atoms with van der Waals surface area (Å²) in [5, 5.41) is 3.64. The van der Waals surface area contributed by atoms with Crippen molar-refractivity contribution in [2.24, 2.45) is 5.10 Å². The molecule has 0 radical (unpaired) electrons. The second-order valence-electron chi connectivity index (χ2n) is 2.40. The Kier molecular flexibility index (Phi) is 2.79. The summed E-state index contributed by atoms with van der Waals surface area (Å²) in [6.07, 6.45) is 1.54. The lowest BCUT2D eigenvalue weighted by Gasteiger charge is -2.01. The van der Waals surface area contributed by atoms with Gasteiger partial charge in [-0.3, -0.25) is 0 Å². The molecule has 0 saturated carbocycles. The number of hydrogen-bond acceptors (Lipinski definition) is 4. The van der Waals surface area contributed by atoms with Gasteiger partial charge in [0.2, 0.25) is 5.82 Å². The zero-order valence-corrected chi connectivity index (χ0v) is 7.65. The fourth-order valence-corrected chi connectivity index (χ4v) is 0.944. The summed E-state index contributed by atoms with van der Waals surface area (Å²) in [5.41, 5.74) is 0.748. The number of aromatic nitrogens is 2. The molecule has 1 aromatic heterocycles. The van der Waals surface area contributed by atoms with E-state index < -0.39 is 5.97 Å². The van der Waals surface area contributed by atoms with Gasteiger partial charge in [-0.2, -0.15) is 5.10 Å². The Morgan fingerprint density at radius 1 is 1.85 bits per heavy atom. The normalized spacial score (nSPS) is 9.69. The number of nitrogens with zero attached hydrogens (tertiary/aromatic N) is 3. The molecule has 0 fully saturated rings. The third kappa shape index (κ3) is 1.74. The maximum atomic E-state index is 11.2. The minimum absolute atomic E-state index is 0.161. The van der Waals surface area contributed by atoms with Crippen molar-refractivity contribution in [3.63, 3.8) is 0 Å². The summed E-state index contributed by atoms with van der Waals surface area (Å²) >= 11 is 0. The maximum Gasteiger partial charge on any atom is 0.376 e. The Balaban J connectivity index is 3.00. The highest BCUT2D eigenvalue weighted by molar-refractivity contribution is 5.85. The highest BCUT2D eigenvalue weighted by Crippen LogP contribution is 2.04. The van der Waals surface area contributed by atoms with E-state index in [0.717, 1.165) is 5.69 Å². The molecule has 0 aromatic carbocycles. The van der Waals surface area contributed by atoms with E-state index in [2.05, 4.69) is 16.8 Å². The minimum atomic E-state index is -0.483. The van der Waals surface area contributed by atoms with Crippen molar-refractivity contribution in [1.82, 2.24) is 9.66 Å². The molecule has 0 N–H and O–H groups in total. The van der Waals surface area contributed by atoms with Crippen LogP contribution in [0.1, 0.15) is 23.2 Å². The van der Waals surface area contributed by atoms with Gasteiger partial charge in [-0.15, -0.1) is 0 Å². The molecule has 0 aliphatic heterocycles. The summed E-state index contributed by atoms with van der Waals surface area (Å²) in [7, 11) is 0. The number of carbonyl (C=O) groups excluding carboxylic acids is 1. The summed E-state index contributed by atoms with van der Waals surface area (Å²) < 4.78 is 6.12. The van der Waals surface area contributed by atoms with Crippen LogP contribution in [0.15, 0.2) is 11.3 Å². The molecule has 1 aromatic rings. The van der Waals surface area contributed by atoms with Crippen LogP contribution in [0.2, 0.25) is 0 Å². The third-order valence-corrected chi connectivity index (χ3v) is 1.51. The van der Waals surface area contributed by atoms with Crippen LogP contribution in [0.5, 0.6) is 0 Å². The molecule has 1 rings (SSSR count). The van der Waals surface area contributed by atoms with Gasteiger partial charge < -0.3 is 4.74 Å². The van der Waals surface area contributed by atoms with Crippen LogP contribution in [-0.2, 0) is 4.74 Å². The van der Waals surface area contributed by atoms with Crippen molar-refractivity contribution in [2.45, 2.75) is 13.8 Å². The standard InChI is InChI=1S/C8H11N3O2/c1-4-13-8(12)7-10-5-6(2)11(7)9-3/h5H,3-4H2,1-2H3. The van der Waals surface area contributed by atoms with Crippen LogP contribution < -0.4 is 0 Å². The molecule has 0 atom stereocenters. The summed E-state index contributed by atoms with van der Waals surface area (Å²) in [6, 6.07) is 0. The first-order chi connectivity index (χ1) is 6.20. The van der Waals surface area contributed by atoms with Gasteiger partial charge in [-0.25, -0.2) is 14.5 Å². The van der Waals surface area contributed by atoms with E-state index in [9.17, 15) is 4.79 Å². The highest BCUT2D eigenvalue weighted by atomic mass is 16.5. The van der Waals surface area contributed by atoms with E-state index in [1.165, 1.54) is 4.68 Å². The highest BCUT2D eigenvalue weighted by Gasteiger charge is 2.15. The molecule has 70 valence electrons. The van der Waals surface area contributed by atoms with E-state index in [1.807, 2.05) is 0 Å². The average Bonchev–Trinajstić information content (AvgIpc) is 2.47. The van der Waals surface area contributed by atoms with Gasteiger partial charge in [0.25, 0.3) is 0 Å². The quantitative estimate of drug-likeness (QED) is 0.512. The topological polar surface area (TPSA) is 56.5 Å². The first-order valence-electron chi connectivity index (χ1n) is 3.89. The number of imidazole rings is 1. The van der Waals surface area contributed by atoms with Gasteiger partial charge in [-0.05, 0) is 13.8 Å². The van der Waals surface area contributed by atoms with Gasteiger partial charge in [0.15, 0.2) is 0 Å². The minimum Gasteiger partial charge on any atom is -0.460 e. The maximum absolute atomic E-state index is 11.2. The molecule has 5 heteroatoms. The van der Waals surface area contributed by atoms with Crippen LogP contribution in [0.4, 0.5) is 0 Å². The Morgan fingerprint density at radius 3 is 3.08 bits per heavy atom. The monoisotopic (exact) mass is 181 g/mol. The molecule has 5 nitrogen and oxygen atoms in total. The molecular formula is C8H11N3O2. The van der Waals surface area contributed by atoms with Gasteiger partial charge in [0.1, 0.15) is 0 Å². The second-order valence-corrected chi connectivity index (χ2v) is 2.40. The summed E-state index contributed by atoms with van der Waals surface area (Å²) in [5.74, 6) is -0.322. The zero-order chi connectivity index (χ0) is 9.84. The smallest absolute Gasteiger partial charge is 0.376 e. The number of hydrogen-bond donors (Lipinski definition) is 0. The molecule has 0 unspecified atom stereocenters. The van der Waals surface area contributed by atoms with Gasteiger partial charge in [-0.1, -0.05) is 0 Å². The molecule has 0 bridgehead atoms. The van der Waals surface area contributed by atoms with E-state index >= 15 is 0 Å². The van der Waals surface area contributed by atoms with Crippen molar-refractivity contribution in [2.75, 3.05) is 6.61 Å². The Bertz CT molecular complexity index is 330. The van der Waals surface area contributed by atoms with Crippen molar-refractivity contribution in [3.05, 3.63) is 17.7 Å². The molecule has 0 spiro atoms. The van der Waals surface area contributed by atoms with Crippen LogP contribution >= 0.6 is 0 Å². The number of carbonyl (C=O) groups is 1. The molecule has 0 aliphatic carbocycles. The van der Waals surface area contributed by atoms with E-state index in [-0.39, 0.29) is 5.82 Å². The lowest BCUT2D eigenvalue weighted by Crippen LogP contribution is -2.11. The predicted octanol–water partition coefficient (Wildman–Crippen LogP) is 0.832. The lowest BCUT2D eigenvalue weighted by molar-refractivity contribution is 0.0507. The summed E-state index contributed by atoms with van der Waals surface area (Å²) in [4.78, 5) is 15.1. The third-order valence-electron chi connectivity index (χ3n) is 1.51. The predicted molar refractivity (Wildman–Crippen MR) is 47.9 cm³/mol. The van der Waals surface area contributed by atoms with Gasteiger partial charge in [0, 0.05) is 6.72 Å². The Hall–Kier alpha value is -1.65. The number of rotatable bonds is 3. The molecular weight excluding hydrogens is 170 g/mol. The molecule has 0 saturated heterocycles. The van der Waals surface area contributed by atoms with Crippen molar-refractivity contribution < 1.29 is 9.53 Å². The number of ether oxygens (including phenoxy) is 1. The zero-order valence-electron chi connectivity index (χ0n) is 7.65.